The molecule has 12 rings (SSSR count). The van der Waals surface area contributed by atoms with E-state index in [1.807, 2.05) is 47.0 Å². The molecule has 0 spiro atoms. The summed E-state index contributed by atoms with van der Waals surface area (Å²) in [6, 6.07) is 58.5. The molecule has 0 N–H and O–H groups in total. The summed E-state index contributed by atoms with van der Waals surface area (Å²) in [5.74, 6) is 0. The molecule has 4 heterocycles. The molecule has 0 radical (unpaired) electrons. The van der Waals surface area contributed by atoms with E-state index in [4.69, 9.17) is 0 Å². The van der Waals surface area contributed by atoms with Crippen LogP contribution >= 0.6 is 47.0 Å². The maximum absolute atomic E-state index is 2.43. The SMILES string of the molecule is c1ccc2c(c1)Sc1ccccc1N2c1ccc2c(c1)Sc1ccc3c4c(ccc-2c14)-c1ccc(N2c4ccccc4Sc4ccccc42)cc1S3. The molecule has 8 aromatic carbocycles. The zero-order valence-corrected chi connectivity index (χ0v) is 30.8. The average molecular weight is 735 g/mol. The molecule has 2 nitrogen and oxygen atoms in total. The Balaban J connectivity index is 0.968. The van der Waals surface area contributed by atoms with Gasteiger partial charge in [-0.15, -0.1) is 0 Å². The van der Waals surface area contributed by atoms with Gasteiger partial charge in [-0.1, -0.05) is 120 Å². The second-order valence-corrected chi connectivity index (χ2v) is 17.6. The van der Waals surface area contributed by atoms with Gasteiger partial charge in [-0.3, -0.25) is 0 Å². The van der Waals surface area contributed by atoms with Crippen LogP contribution in [0.5, 0.6) is 0 Å². The molecule has 6 heteroatoms. The molecule has 244 valence electrons. The van der Waals surface area contributed by atoms with Crippen LogP contribution in [0.2, 0.25) is 0 Å². The average Bonchev–Trinajstić information content (AvgIpc) is 3.20. The van der Waals surface area contributed by atoms with Gasteiger partial charge in [0.05, 0.1) is 22.7 Å². The fourth-order valence-electron chi connectivity index (χ4n) is 8.17. The Morgan fingerprint density at radius 3 is 0.981 bits per heavy atom. The smallest absolute Gasteiger partial charge is 0.0601 e. The fourth-order valence-corrected chi connectivity index (χ4v) is 12.6. The van der Waals surface area contributed by atoms with E-state index < -0.39 is 0 Å². The van der Waals surface area contributed by atoms with Gasteiger partial charge in [-0.25, -0.2) is 0 Å². The van der Waals surface area contributed by atoms with Gasteiger partial charge in [-0.2, -0.15) is 0 Å². The molecule has 0 amide bonds. The highest BCUT2D eigenvalue weighted by molar-refractivity contribution is 8.00. The van der Waals surface area contributed by atoms with Crippen LogP contribution < -0.4 is 9.80 Å². The van der Waals surface area contributed by atoms with Crippen molar-refractivity contribution in [2.24, 2.45) is 0 Å². The molecule has 0 aromatic heterocycles. The van der Waals surface area contributed by atoms with Gasteiger partial charge in [-0.05, 0) is 107 Å². The number of anilines is 6. The first kappa shape index (κ1) is 29.6. The summed E-state index contributed by atoms with van der Waals surface area (Å²) in [6.07, 6.45) is 0. The molecular weight excluding hydrogens is 709 g/mol. The summed E-state index contributed by atoms with van der Waals surface area (Å²) in [6.45, 7) is 0. The van der Waals surface area contributed by atoms with Crippen molar-refractivity contribution in [1.82, 2.24) is 0 Å². The van der Waals surface area contributed by atoms with Crippen molar-refractivity contribution in [2.75, 3.05) is 9.80 Å². The summed E-state index contributed by atoms with van der Waals surface area (Å²) in [5, 5.41) is 2.76. The maximum Gasteiger partial charge on any atom is 0.0601 e. The van der Waals surface area contributed by atoms with Gasteiger partial charge < -0.3 is 9.80 Å². The molecule has 0 atom stereocenters. The van der Waals surface area contributed by atoms with E-state index in [0.717, 1.165) is 0 Å². The van der Waals surface area contributed by atoms with Crippen LogP contribution in [0.25, 0.3) is 33.0 Å². The molecule has 0 bridgehead atoms. The lowest BCUT2D eigenvalue weighted by atomic mass is 9.91. The number of rotatable bonds is 2. The zero-order chi connectivity index (χ0) is 33.9. The summed E-state index contributed by atoms with van der Waals surface area (Å²) in [5.41, 5.74) is 12.6. The van der Waals surface area contributed by atoms with Crippen LogP contribution in [-0.4, -0.2) is 0 Å². The quantitative estimate of drug-likeness (QED) is 0.173. The van der Waals surface area contributed by atoms with Crippen molar-refractivity contribution in [3.8, 4) is 22.3 Å². The van der Waals surface area contributed by atoms with Gasteiger partial charge in [0.1, 0.15) is 0 Å². The van der Waals surface area contributed by atoms with E-state index in [0.29, 0.717) is 0 Å². The lowest BCUT2D eigenvalue weighted by Gasteiger charge is -2.34. The predicted molar refractivity (Wildman–Crippen MR) is 221 cm³/mol. The minimum atomic E-state index is 1.19. The monoisotopic (exact) mass is 734 g/mol. The Morgan fingerprint density at radius 1 is 0.269 bits per heavy atom. The van der Waals surface area contributed by atoms with Crippen molar-refractivity contribution < 1.29 is 0 Å². The van der Waals surface area contributed by atoms with Crippen LogP contribution in [0.3, 0.4) is 0 Å². The van der Waals surface area contributed by atoms with E-state index in [1.165, 1.54) is 106 Å². The largest absolute Gasteiger partial charge is 0.308 e. The van der Waals surface area contributed by atoms with Crippen LogP contribution in [0.4, 0.5) is 34.1 Å². The molecule has 0 saturated carbocycles. The Morgan fingerprint density at radius 2 is 0.596 bits per heavy atom. The Labute approximate surface area is 318 Å². The molecular formula is C46H26N2S4. The fraction of sp³-hybridized carbons (Fsp3) is 0. The lowest BCUT2D eigenvalue weighted by molar-refractivity contribution is 1.16. The Kier molecular flexibility index (Phi) is 6.40. The first-order chi connectivity index (χ1) is 25.8. The molecule has 52 heavy (non-hydrogen) atoms. The highest BCUT2D eigenvalue weighted by atomic mass is 32.2. The Bertz CT molecular complexity index is 2560. The van der Waals surface area contributed by atoms with Gasteiger partial charge in [0, 0.05) is 61.3 Å². The number of nitrogens with zero attached hydrogens (tertiary/aromatic N) is 2. The summed E-state index contributed by atoms with van der Waals surface area (Å²) in [4.78, 5) is 15.3. The van der Waals surface area contributed by atoms with Crippen molar-refractivity contribution in [1.29, 1.82) is 0 Å². The normalized spacial score (nSPS) is 14.2. The first-order valence-electron chi connectivity index (χ1n) is 17.3. The zero-order valence-electron chi connectivity index (χ0n) is 27.5. The van der Waals surface area contributed by atoms with Gasteiger partial charge in [0.25, 0.3) is 0 Å². The van der Waals surface area contributed by atoms with Crippen molar-refractivity contribution >= 4 is 91.9 Å². The lowest BCUT2D eigenvalue weighted by Crippen LogP contribution is -2.15. The van der Waals surface area contributed by atoms with E-state index in [9.17, 15) is 0 Å². The minimum Gasteiger partial charge on any atom is -0.308 e. The maximum atomic E-state index is 2.43. The summed E-state index contributed by atoms with van der Waals surface area (Å²) < 4.78 is 0. The second-order valence-electron chi connectivity index (χ2n) is 13.3. The topological polar surface area (TPSA) is 6.48 Å². The van der Waals surface area contributed by atoms with E-state index in [1.54, 1.807) is 0 Å². The minimum absolute atomic E-state index is 1.19. The highest BCUT2D eigenvalue weighted by Crippen LogP contribution is 2.59. The van der Waals surface area contributed by atoms with E-state index >= 15 is 0 Å². The number of benzene rings is 8. The van der Waals surface area contributed by atoms with E-state index in [2.05, 4.69) is 168 Å². The summed E-state index contributed by atoms with van der Waals surface area (Å²) >= 11 is 7.52. The second kappa shape index (κ2) is 11.3. The number of fused-ring (bicyclic) bond motifs is 8. The van der Waals surface area contributed by atoms with Crippen LogP contribution in [-0.2, 0) is 0 Å². The van der Waals surface area contributed by atoms with Crippen LogP contribution in [0.1, 0.15) is 0 Å². The molecule has 4 aliphatic heterocycles. The molecule has 0 unspecified atom stereocenters. The van der Waals surface area contributed by atoms with Gasteiger partial charge in [0.15, 0.2) is 0 Å². The molecule has 0 fully saturated rings. The Hall–Kier alpha value is -4.98. The highest BCUT2D eigenvalue weighted by Gasteiger charge is 2.31. The van der Waals surface area contributed by atoms with Crippen molar-refractivity contribution in [3.05, 3.63) is 158 Å². The number of para-hydroxylation sites is 4. The van der Waals surface area contributed by atoms with Crippen LogP contribution in [0.15, 0.2) is 197 Å². The predicted octanol–water partition coefficient (Wildman–Crippen LogP) is 15.0. The van der Waals surface area contributed by atoms with E-state index in [-0.39, 0.29) is 0 Å². The molecule has 4 aliphatic rings. The third-order valence-corrected chi connectivity index (χ3v) is 14.9. The first-order valence-corrected chi connectivity index (χ1v) is 20.6. The van der Waals surface area contributed by atoms with Crippen LogP contribution in [0, 0.1) is 0 Å². The number of hydrogen-bond donors (Lipinski definition) is 0. The molecule has 8 aromatic rings. The summed E-state index contributed by atoms with van der Waals surface area (Å²) in [7, 11) is 0. The van der Waals surface area contributed by atoms with Crippen molar-refractivity contribution in [3.63, 3.8) is 0 Å². The van der Waals surface area contributed by atoms with Gasteiger partial charge >= 0.3 is 0 Å². The number of hydrogen-bond acceptors (Lipinski definition) is 6. The third-order valence-electron chi connectivity index (χ3n) is 10.4. The third kappa shape index (κ3) is 4.26. The van der Waals surface area contributed by atoms with Crippen molar-refractivity contribution in [2.45, 2.75) is 39.2 Å². The molecule has 0 saturated heterocycles. The standard InChI is InChI=1S/C46H26N2S4/c1-5-13-37-33(9-1)47(34-10-2-6-14-38(34)49-37)27-17-19-29-31-21-22-32-30-20-18-28(48-35-11-3-7-15-39(35)50-40-16-8-4-12-36(40)48)26-44(30)52-42-24-23-41(45(31)46(32)42)51-43(29)25-27/h1-26H. The molecule has 0 aliphatic carbocycles. The van der Waals surface area contributed by atoms with Gasteiger partial charge in [0.2, 0.25) is 0 Å².